The van der Waals surface area contributed by atoms with Crippen LogP contribution in [0.3, 0.4) is 0 Å². The molecule has 4 heteroatoms. The normalized spacial score (nSPS) is 31.3. The van der Waals surface area contributed by atoms with E-state index in [1.54, 1.807) is 7.11 Å². The molecule has 0 saturated carbocycles. The first-order valence-corrected chi connectivity index (χ1v) is 6.69. The van der Waals surface area contributed by atoms with E-state index in [1.807, 2.05) is 30.3 Å². The predicted molar refractivity (Wildman–Crippen MR) is 71.6 cm³/mol. The van der Waals surface area contributed by atoms with Crippen molar-refractivity contribution < 1.29 is 19.3 Å². The van der Waals surface area contributed by atoms with Crippen molar-refractivity contribution in [1.29, 1.82) is 0 Å². The number of ether oxygens (including phenoxy) is 3. The Morgan fingerprint density at radius 3 is 2.68 bits per heavy atom. The fourth-order valence-electron chi connectivity index (χ4n) is 2.40. The first kappa shape index (κ1) is 14.5. The van der Waals surface area contributed by atoms with Gasteiger partial charge in [-0.2, -0.15) is 0 Å². The van der Waals surface area contributed by atoms with Crippen LogP contribution in [0.25, 0.3) is 0 Å². The molecule has 0 aromatic heterocycles. The first-order valence-electron chi connectivity index (χ1n) is 6.69. The molecule has 1 saturated heterocycles. The lowest BCUT2D eigenvalue weighted by Gasteiger charge is -2.38. The van der Waals surface area contributed by atoms with E-state index in [0.29, 0.717) is 13.0 Å². The zero-order valence-electron chi connectivity index (χ0n) is 11.5. The van der Waals surface area contributed by atoms with E-state index in [9.17, 15) is 5.11 Å². The summed E-state index contributed by atoms with van der Waals surface area (Å²) in [4.78, 5) is 0. The van der Waals surface area contributed by atoms with Crippen molar-refractivity contribution in [3.05, 3.63) is 35.9 Å². The molecule has 106 valence electrons. The average Bonchev–Trinajstić information content (AvgIpc) is 2.47. The smallest absolute Gasteiger partial charge is 0.162 e. The van der Waals surface area contributed by atoms with Gasteiger partial charge in [0.05, 0.1) is 25.4 Å². The highest BCUT2D eigenvalue weighted by atomic mass is 16.7. The lowest BCUT2D eigenvalue weighted by Crippen LogP contribution is -2.46. The molecule has 2 unspecified atom stereocenters. The van der Waals surface area contributed by atoms with Crippen molar-refractivity contribution in [2.24, 2.45) is 5.92 Å². The monoisotopic (exact) mass is 266 g/mol. The Balaban J connectivity index is 1.93. The molecule has 4 atom stereocenters. The number of benzene rings is 1. The van der Waals surface area contributed by atoms with E-state index < -0.39 is 0 Å². The predicted octanol–water partition coefficient (Wildman–Crippen LogP) is 1.96. The number of aliphatic hydroxyl groups is 1. The third-order valence-corrected chi connectivity index (χ3v) is 3.58. The molecule has 1 aliphatic rings. The SMILES string of the molecule is CO[C@H]1OC(CO)C[C@@H](OCc2ccccc2)C1C. The molecule has 1 fully saturated rings. The van der Waals surface area contributed by atoms with E-state index in [1.165, 1.54) is 0 Å². The van der Waals surface area contributed by atoms with Gasteiger partial charge in [-0.3, -0.25) is 0 Å². The summed E-state index contributed by atoms with van der Waals surface area (Å²) in [6, 6.07) is 10.1. The largest absolute Gasteiger partial charge is 0.394 e. The van der Waals surface area contributed by atoms with Crippen LogP contribution >= 0.6 is 0 Å². The molecular formula is C15H22O4. The molecule has 0 spiro atoms. The second-order valence-electron chi connectivity index (χ2n) is 4.97. The van der Waals surface area contributed by atoms with Crippen LogP contribution in [0.4, 0.5) is 0 Å². The highest BCUT2D eigenvalue weighted by Crippen LogP contribution is 2.28. The van der Waals surface area contributed by atoms with Crippen molar-refractivity contribution in [3.63, 3.8) is 0 Å². The van der Waals surface area contributed by atoms with Gasteiger partial charge in [0.2, 0.25) is 0 Å². The second-order valence-corrected chi connectivity index (χ2v) is 4.97. The van der Waals surface area contributed by atoms with Crippen LogP contribution in [-0.4, -0.2) is 37.3 Å². The second kappa shape index (κ2) is 7.01. The fourth-order valence-corrected chi connectivity index (χ4v) is 2.40. The summed E-state index contributed by atoms with van der Waals surface area (Å²) in [5, 5.41) is 9.26. The molecule has 19 heavy (non-hydrogen) atoms. The van der Waals surface area contributed by atoms with Crippen LogP contribution in [0, 0.1) is 5.92 Å². The molecule has 1 N–H and O–H groups in total. The summed E-state index contributed by atoms with van der Waals surface area (Å²) in [6.07, 6.45) is 0.217. The Bertz CT molecular complexity index is 368. The lowest BCUT2D eigenvalue weighted by atomic mass is 9.95. The number of methoxy groups -OCH3 is 1. The zero-order chi connectivity index (χ0) is 13.7. The van der Waals surface area contributed by atoms with Gasteiger partial charge in [-0.1, -0.05) is 37.3 Å². The number of hydrogen-bond acceptors (Lipinski definition) is 4. The molecular weight excluding hydrogens is 244 g/mol. The Morgan fingerprint density at radius 2 is 2.05 bits per heavy atom. The van der Waals surface area contributed by atoms with E-state index in [4.69, 9.17) is 14.2 Å². The maximum atomic E-state index is 9.26. The van der Waals surface area contributed by atoms with E-state index in [-0.39, 0.29) is 31.0 Å². The average molecular weight is 266 g/mol. The first-order chi connectivity index (χ1) is 9.24. The van der Waals surface area contributed by atoms with E-state index in [0.717, 1.165) is 5.56 Å². The fraction of sp³-hybridized carbons (Fsp3) is 0.600. The van der Waals surface area contributed by atoms with E-state index >= 15 is 0 Å². The molecule has 0 radical (unpaired) electrons. The molecule has 0 bridgehead atoms. The van der Waals surface area contributed by atoms with Crippen LogP contribution in [0.2, 0.25) is 0 Å². The summed E-state index contributed by atoms with van der Waals surface area (Å²) in [7, 11) is 1.62. The summed E-state index contributed by atoms with van der Waals surface area (Å²) in [6.45, 7) is 2.62. The van der Waals surface area contributed by atoms with Crippen molar-refractivity contribution in [3.8, 4) is 0 Å². The van der Waals surface area contributed by atoms with Gasteiger partial charge in [0.25, 0.3) is 0 Å². The quantitative estimate of drug-likeness (QED) is 0.885. The summed E-state index contributed by atoms with van der Waals surface area (Å²) in [5.74, 6) is 0.150. The van der Waals surface area contributed by atoms with Gasteiger partial charge in [-0.25, -0.2) is 0 Å². The summed E-state index contributed by atoms with van der Waals surface area (Å²) < 4.78 is 16.9. The van der Waals surface area contributed by atoms with Crippen molar-refractivity contribution >= 4 is 0 Å². The zero-order valence-corrected chi connectivity index (χ0v) is 11.5. The van der Waals surface area contributed by atoms with Crippen LogP contribution in [0.1, 0.15) is 18.9 Å². The molecule has 1 heterocycles. The summed E-state index contributed by atoms with van der Waals surface area (Å²) in [5.41, 5.74) is 1.15. The number of hydrogen-bond donors (Lipinski definition) is 1. The summed E-state index contributed by atoms with van der Waals surface area (Å²) >= 11 is 0. The van der Waals surface area contributed by atoms with Gasteiger partial charge in [0, 0.05) is 19.4 Å². The minimum Gasteiger partial charge on any atom is -0.394 e. The van der Waals surface area contributed by atoms with Crippen LogP contribution in [-0.2, 0) is 20.8 Å². The Hall–Kier alpha value is -0.940. The molecule has 2 rings (SSSR count). The maximum absolute atomic E-state index is 9.26. The molecule has 0 amide bonds. The van der Waals surface area contributed by atoms with Crippen molar-refractivity contribution in [2.45, 2.75) is 38.4 Å². The van der Waals surface area contributed by atoms with E-state index in [2.05, 4.69) is 6.92 Å². The topological polar surface area (TPSA) is 47.9 Å². The Labute approximate surface area is 114 Å². The highest BCUT2D eigenvalue weighted by molar-refractivity contribution is 5.13. The molecule has 0 aliphatic carbocycles. The molecule has 4 nitrogen and oxygen atoms in total. The van der Waals surface area contributed by atoms with Crippen molar-refractivity contribution in [1.82, 2.24) is 0 Å². The van der Waals surface area contributed by atoms with Crippen molar-refractivity contribution in [2.75, 3.05) is 13.7 Å². The van der Waals surface area contributed by atoms with Gasteiger partial charge >= 0.3 is 0 Å². The van der Waals surface area contributed by atoms with Gasteiger partial charge < -0.3 is 19.3 Å². The Kier molecular flexibility index (Phi) is 5.34. The molecule has 1 aromatic rings. The van der Waals surface area contributed by atoms with Crippen LogP contribution in [0.5, 0.6) is 0 Å². The minimum absolute atomic E-state index is 0.00221. The van der Waals surface area contributed by atoms with Gasteiger partial charge in [-0.05, 0) is 5.56 Å². The number of aliphatic hydroxyl groups excluding tert-OH is 1. The highest BCUT2D eigenvalue weighted by Gasteiger charge is 2.36. The Morgan fingerprint density at radius 1 is 1.32 bits per heavy atom. The third kappa shape index (κ3) is 3.76. The van der Waals surface area contributed by atoms with Crippen LogP contribution < -0.4 is 0 Å². The van der Waals surface area contributed by atoms with Gasteiger partial charge in [0.15, 0.2) is 6.29 Å². The van der Waals surface area contributed by atoms with Gasteiger partial charge in [-0.15, -0.1) is 0 Å². The lowest BCUT2D eigenvalue weighted by molar-refractivity contribution is -0.247. The molecule has 1 aliphatic heterocycles. The van der Waals surface area contributed by atoms with Gasteiger partial charge in [0.1, 0.15) is 0 Å². The van der Waals surface area contributed by atoms with Crippen LogP contribution in [0.15, 0.2) is 30.3 Å². The number of rotatable bonds is 5. The third-order valence-electron chi connectivity index (χ3n) is 3.58. The molecule has 1 aromatic carbocycles. The standard InChI is InChI=1S/C15H22O4/c1-11-14(8-13(9-16)19-15(11)17-2)18-10-12-6-4-3-5-7-12/h3-7,11,13-16H,8-10H2,1-2H3/t11?,13?,14-,15+/m1/s1. The minimum atomic E-state index is -0.313. The maximum Gasteiger partial charge on any atom is 0.162 e.